The van der Waals surface area contributed by atoms with Gasteiger partial charge in [0.25, 0.3) is 0 Å². The molecule has 1 aromatic rings. The fourth-order valence-corrected chi connectivity index (χ4v) is 3.22. The molecule has 1 atom stereocenters. The van der Waals surface area contributed by atoms with Crippen molar-refractivity contribution in [3.63, 3.8) is 0 Å². The van der Waals surface area contributed by atoms with Gasteiger partial charge in [0.1, 0.15) is 0 Å². The quantitative estimate of drug-likeness (QED) is 0.789. The van der Waals surface area contributed by atoms with E-state index in [-0.39, 0.29) is 6.61 Å². The van der Waals surface area contributed by atoms with Gasteiger partial charge in [0.15, 0.2) is 0 Å². The molecule has 0 saturated carbocycles. The summed E-state index contributed by atoms with van der Waals surface area (Å²) < 4.78 is 0. The number of hydrogen-bond acceptors (Lipinski definition) is 3. The second-order valence-corrected chi connectivity index (χ2v) is 5.82. The Labute approximate surface area is 108 Å². The van der Waals surface area contributed by atoms with Gasteiger partial charge in [-0.2, -0.15) is 0 Å². The fourth-order valence-electron chi connectivity index (χ4n) is 2.20. The summed E-state index contributed by atoms with van der Waals surface area (Å²) in [6, 6.07) is 8.22. The van der Waals surface area contributed by atoms with Gasteiger partial charge in [-0.3, -0.25) is 0 Å². The lowest BCUT2D eigenvalue weighted by Gasteiger charge is -2.22. The molecule has 1 aliphatic rings. The maximum absolute atomic E-state index is 8.96. The lowest BCUT2D eigenvalue weighted by Crippen LogP contribution is -2.29. The summed E-state index contributed by atoms with van der Waals surface area (Å²) in [5, 5.41) is 12.4. The standard InChI is InChI=1S/C14H21NOS/c16-11-13-3-5-14(6-4-13)17-9-7-12-2-1-8-15-10-12/h3-6,12,15-16H,1-2,7-11H2. The Hall–Kier alpha value is -0.510. The van der Waals surface area contributed by atoms with Gasteiger partial charge in [0.05, 0.1) is 6.61 Å². The third-order valence-electron chi connectivity index (χ3n) is 3.30. The Morgan fingerprint density at radius 3 is 2.76 bits per heavy atom. The van der Waals surface area contributed by atoms with Crippen LogP contribution in [0.4, 0.5) is 0 Å². The predicted octanol–water partition coefficient (Wildman–Crippen LogP) is 2.66. The SMILES string of the molecule is OCc1ccc(SCCC2CCCNC2)cc1. The summed E-state index contributed by atoms with van der Waals surface area (Å²) in [5.74, 6) is 2.07. The van der Waals surface area contributed by atoms with Crippen LogP contribution in [0.1, 0.15) is 24.8 Å². The van der Waals surface area contributed by atoms with Gasteiger partial charge >= 0.3 is 0 Å². The highest BCUT2D eigenvalue weighted by atomic mass is 32.2. The molecule has 1 fully saturated rings. The van der Waals surface area contributed by atoms with Crippen molar-refractivity contribution in [2.45, 2.75) is 30.8 Å². The van der Waals surface area contributed by atoms with Crippen molar-refractivity contribution in [2.24, 2.45) is 5.92 Å². The maximum atomic E-state index is 8.96. The maximum Gasteiger partial charge on any atom is 0.0681 e. The van der Waals surface area contributed by atoms with Crippen molar-refractivity contribution in [1.29, 1.82) is 0 Å². The minimum atomic E-state index is 0.138. The van der Waals surface area contributed by atoms with Crippen molar-refractivity contribution in [2.75, 3.05) is 18.8 Å². The largest absolute Gasteiger partial charge is 0.392 e. The van der Waals surface area contributed by atoms with E-state index >= 15 is 0 Å². The number of benzene rings is 1. The van der Waals surface area contributed by atoms with Crippen LogP contribution in [-0.2, 0) is 6.61 Å². The third-order valence-corrected chi connectivity index (χ3v) is 4.35. The number of aliphatic hydroxyl groups excluding tert-OH is 1. The molecule has 0 aliphatic carbocycles. The number of rotatable bonds is 5. The average Bonchev–Trinajstić information content (AvgIpc) is 2.41. The van der Waals surface area contributed by atoms with Gasteiger partial charge in [-0.1, -0.05) is 12.1 Å². The molecule has 0 spiro atoms. The van der Waals surface area contributed by atoms with Gasteiger partial charge < -0.3 is 10.4 Å². The second-order valence-electron chi connectivity index (χ2n) is 4.65. The van der Waals surface area contributed by atoms with E-state index in [4.69, 9.17) is 5.11 Å². The predicted molar refractivity (Wildman–Crippen MR) is 73.3 cm³/mol. The van der Waals surface area contributed by atoms with E-state index in [2.05, 4.69) is 17.4 Å². The summed E-state index contributed by atoms with van der Waals surface area (Å²) >= 11 is 1.92. The van der Waals surface area contributed by atoms with E-state index in [9.17, 15) is 0 Å². The van der Waals surface area contributed by atoms with Crippen LogP contribution in [0.15, 0.2) is 29.2 Å². The van der Waals surface area contributed by atoms with E-state index in [1.165, 1.54) is 43.0 Å². The lowest BCUT2D eigenvalue weighted by molar-refractivity contribution is 0.282. The summed E-state index contributed by atoms with van der Waals surface area (Å²) in [5.41, 5.74) is 0.992. The van der Waals surface area contributed by atoms with Crippen molar-refractivity contribution in [3.8, 4) is 0 Å². The van der Waals surface area contributed by atoms with Crippen LogP contribution in [0, 0.1) is 5.92 Å². The molecule has 3 heteroatoms. The van der Waals surface area contributed by atoms with Gasteiger partial charge in [0, 0.05) is 4.90 Å². The molecule has 0 bridgehead atoms. The van der Waals surface area contributed by atoms with Crippen molar-refractivity contribution in [3.05, 3.63) is 29.8 Å². The molecular weight excluding hydrogens is 230 g/mol. The van der Waals surface area contributed by atoms with Crippen LogP contribution in [0.2, 0.25) is 0 Å². The van der Waals surface area contributed by atoms with E-state index in [0.29, 0.717) is 0 Å². The van der Waals surface area contributed by atoms with E-state index < -0.39 is 0 Å². The van der Waals surface area contributed by atoms with Crippen molar-refractivity contribution in [1.82, 2.24) is 5.32 Å². The Bertz CT molecular complexity index is 319. The number of piperidine rings is 1. The smallest absolute Gasteiger partial charge is 0.0681 e. The van der Waals surface area contributed by atoms with Crippen LogP contribution in [0.5, 0.6) is 0 Å². The molecule has 2 N–H and O–H groups in total. The molecule has 0 amide bonds. The Morgan fingerprint density at radius 1 is 1.29 bits per heavy atom. The molecule has 0 aromatic heterocycles. The molecule has 1 aliphatic heterocycles. The zero-order valence-corrected chi connectivity index (χ0v) is 11.0. The number of hydrogen-bond donors (Lipinski definition) is 2. The first-order valence-corrected chi connectivity index (χ1v) is 7.40. The highest BCUT2D eigenvalue weighted by molar-refractivity contribution is 7.99. The highest BCUT2D eigenvalue weighted by Crippen LogP contribution is 2.23. The number of thioether (sulfide) groups is 1. The molecule has 17 heavy (non-hydrogen) atoms. The molecule has 1 aromatic carbocycles. The van der Waals surface area contributed by atoms with Crippen LogP contribution < -0.4 is 5.32 Å². The first-order valence-electron chi connectivity index (χ1n) is 6.42. The summed E-state index contributed by atoms with van der Waals surface area (Å²) in [7, 11) is 0. The molecule has 94 valence electrons. The van der Waals surface area contributed by atoms with Crippen molar-refractivity contribution >= 4 is 11.8 Å². The van der Waals surface area contributed by atoms with Gasteiger partial charge in [-0.15, -0.1) is 11.8 Å². The summed E-state index contributed by atoms with van der Waals surface area (Å²) in [6.07, 6.45) is 4.02. The van der Waals surface area contributed by atoms with Crippen molar-refractivity contribution < 1.29 is 5.11 Å². The average molecular weight is 251 g/mol. The monoisotopic (exact) mass is 251 g/mol. The fraction of sp³-hybridized carbons (Fsp3) is 0.571. The Morgan fingerprint density at radius 2 is 2.12 bits per heavy atom. The van der Waals surface area contributed by atoms with Gasteiger partial charge in [-0.05, 0) is 61.7 Å². The van der Waals surface area contributed by atoms with E-state index in [0.717, 1.165) is 11.5 Å². The number of aliphatic hydroxyl groups is 1. The molecule has 2 rings (SSSR count). The first-order chi connectivity index (χ1) is 8.38. The Kier molecular flexibility index (Phi) is 5.36. The summed E-state index contributed by atoms with van der Waals surface area (Å²) in [4.78, 5) is 1.31. The molecule has 1 saturated heterocycles. The zero-order chi connectivity index (χ0) is 11.9. The highest BCUT2D eigenvalue weighted by Gasteiger charge is 2.12. The first kappa shape index (κ1) is 12.9. The van der Waals surface area contributed by atoms with E-state index in [1.807, 2.05) is 23.9 Å². The topological polar surface area (TPSA) is 32.3 Å². The molecular formula is C14H21NOS. The Balaban J connectivity index is 1.69. The zero-order valence-electron chi connectivity index (χ0n) is 10.2. The van der Waals surface area contributed by atoms with Gasteiger partial charge in [0.2, 0.25) is 0 Å². The van der Waals surface area contributed by atoms with Gasteiger partial charge in [-0.25, -0.2) is 0 Å². The van der Waals surface area contributed by atoms with E-state index in [1.54, 1.807) is 0 Å². The van der Waals surface area contributed by atoms with Crippen LogP contribution in [0.25, 0.3) is 0 Å². The van der Waals surface area contributed by atoms with Crippen LogP contribution >= 0.6 is 11.8 Å². The minimum absolute atomic E-state index is 0.138. The number of nitrogens with one attached hydrogen (secondary N) is 1. The molecule has 1 heterocycles. The minimum Gasteiger partial charge on any atom is -0.392 e. The molecule has 1 unspecified atom stereocenters. The summed E-state index contributed by atoms with van der Waals surface area (Å²) in [6.45, 7) is 2.54. The van der Waals surface area contributed by atoms with Crippen LogP contribution in [-0.4, -0.2) is 23.9 Å². The molecule has 0 radical (unpaired) electrons. The second kappa shape index (κ2) is 7.04. The molecule has 2 nitrogen and oxygen atoms in total. The normalized spacial score (nSPS) is 20.4. The third kappa shape index (κ3) is 4.34. The van der Waals surface area contributed by atoms with Crippen LogP contribution in [0.3, 0.4) is 0 Å². The lowest BCUT2D eigenvalue weighted by atomic mass is 9.97.